The summed E-state index contributed by atoms with van der Waals surface area (Å²) in [6, 6.07) is 64.5. The van der Waals surface area contributed by atoms with Gasteiger partial charge in [0.1, 0.15) is 0 Å². The molecule has 0 radical (unpaired) electrons. The Morgan fingerprint density at radius 3 is 1.71 bits per heavy atom. The fourth-order valence-electron chi connectivity index (χ4n) is 6.16. The first-order chi connectivity index (χ1) is 22.3. The number of para-hydroxylation sites is 1. The van der Waals surface area contributed by atoms with Crippen LogP contribution in [0.5, 0.6) is 0 Å². The van der Waals surface area contributed by atoms with Crippen molar-refractivity contribution in [2.45, 2.75) is 0 Å². The van der Waals surface area contributed by atoms with Crippen molar-refractivity contribution in [1.29, 1.82) is 0 Å². The Morgan fingerprint density at radius 1 is 0.333 bits per heavy atom. The van der Waals surface area contributed by atoms with Crippen LogP contribution in [-0.4, -0.2) is 4.98 Å². The summed E-state index contributed by atoms with van der Waals surface area (Å²) in [5, 5.41) is 3.58. The molecule has 2 heteroatoms. The van der Waals surface area contributed by atoms with E-state index in [0.717, 1.165) is 50.3 Å². The third-order valence-electron chi connectivity index (χ3n) is 8.41. The minimum atomic E-state index is 0.981. The largest absolute Gasteiger partial charge is 0.310 e. The molecule has 0 bridgehead atoms. The van der Waals surface area contributed by atoms with E-state index < -0.39 is 0 Å². The van der Waals surface area contributed by atoms with E-state index >= 15 is 0 Å². The van der Waals surface area contributed by atoms with E-state index in [4.69, 9.17) is 4.98 Å². The van der Waals surface area contributed by atoms with Crippen LogP contribution in [0.3, 0.4) is 0 Å². The Bertz CT molecular complexity index is 2260. The molecule has 0 saturated heterocycles. The van der Waals surface area contributed by atoms with Crippen molar-refractivity contribution in [2.75, 3.05) is 4.90 Å². The molecular weight excluding hydrogens is 544 g/mol. The lowest BCUT2D eigenvalue weighted by Crippen LogP contribution is -2.10. The monoisotopic (exact) mass is 574 g/mol. The van der Waals surface area contributed by atoms with Crippen molar-refractivity contribution in [3.8, 4) is 33.5 Å². The zero-order valence-electron chi connectivity index (χ0n) is 24.7. The summed E-state index contributed by atoms with van der Waals surface area (Å²) in [5.41, 5.74) is 11.0. The highest BCUT2D eigenvalue weighted by atomic mass is 15.1. The third kappa shape index (κ3) is 5.24. The van der Waals surface area contributed by atoms with Gasteiger partial charge < -0.3 is 4.90 Å². The molecule has 1 heterocycles. The van der Waals surface area contributed by atoms with E-state index in [9.17, 15) is 0 Å². The van der Waals surface area contributed by atoms with Gasteiger partial charge in [0.2, 0.25) is 0 Å². The fourth-order valence-corrected chi connectivity index (χ4v) is 6.16. The second-order valence-corrected chi connectivity index (χ2v) is 11.3. The molecule has 0 aliphatic carbocycles. The van der Waals surface area contributed by atoms with Crippen molar-refractivity contribution in [3.63, 3.8) is 0 Å². The predicted molar refractivity (Wildman–Crippen MR) is 190 cm³/mol. The summed E-state index contributed by atoms with van der Waals surface area (Å²) in [6.45, 7) is 0. The molecule has 212 valence electrons. The SMILES string of the molecule is c1ccc(-c2cccc(N(c3ccc(-c4nc5ccccc5cc4-c4ccccc4)cc3)c3ccc4ccccc4c3)c2)cc1. The summed E-state index contributed by atoms with van der Waals surface area (Å²) in [5.74, 6) is 0. The lowest BCUT2D eigenvalue weighted by Gasteiger charge is -2.26. The number of aromatic nitrogens is 1. The molecule has 0 atom stereocenters. The Morgan fingerprint density at radius 2 is 0.933 bits per heavy atom. The van der Waals surface area contributed by atoms with E-state index in [1.807, 2.05) is 0 Å². The molecule has 0 amide bonds. The first-order valence-electron chi connectivity index (χ1n) is 15.3. The maximum Gasteiger partial charge on any atom is 0.0788 e. The summed E-state index contributed by atoms with van der Waals surface area (Å²) < 4.78 is 0. The highest BCUT2D eigenvalue weighted by molar-refractivity contribution is 5.93. The molecule has 0 aliphatic heterocycles. The van der Waals surface area contributed by atoms with Gasteiger partial charge in [-0.25, -0.2) is 4.98 Å². The number of anilines is 3. The van der Waals surface area contributed by atoms with Crippen LogP contribution in [0.15, 0.2) is 182 Å². The predicted octanol–water partition coefficient (Wildman–Crippen LogP) is 11.9. The Hall–Kier alpha value is -5.99. The molecule has 2 nitrogen and oxygen atoms in total. The lowest BCUT2D eigenvalue weighted by molar-refractivity contribution is 1.29. The number of pyridine rings is 1. The summed E-state index contributed by atoms with van der Waals surface area (Å²) >= 11 is 0. The number of rotatable bonds is 6. The number of fused-ring (bicyclic) bond motifs is 2. The number of nitrogens with zero attached hydrogens (tertiary/aromatic N) is 2. The van der Waals surface area contributed by atoms with Gasteiger partial charge in [0.05, 0.1) is 11.2 Å². The molecule has 0 fully saturated rings. The van der Waals surface area contributed by atoms with E-state index in [0.29, 0.717) is 0 Å². The maximum absolute atomic E-state index is 5.18. The fraction of sp³-hybridized carbons (Fsp3) is 0. The summed E-state index contributed by atoms with van der Waals surface area (Å²) in [7, 11) is 0. The molecule has 45 heavy (non-hydrogen) atoms. The van der Waals surface area contributed by atoms with Crippen LogP contribution in [0.4, 0.5) is 17.1 Å². The molecule has 0 N–H and O–H groups in total. The molecule has 0 unspecified atom stereocenters. The average molecular weight is 575 g/mol. The van der Waals surface area contributed by atoms with Gasteiger partial charge in [0.15, 0.2) is 0 Å². The molecule has 8 rings (SSSR count). The zero-order valence-corrected chi connectivity index (χ0v) is 24.7. The van der Waals surface area contributed by atoms with E-state index in [1.54, 1.807) is 0 Å². The van der Waals surface area contributed by atoms with Crippen LogP contribution in [-0.2, 0) is 0 Å². The van der Waals surface area contributed by atoms with Gasteiger partial charge in [-0.3, -0.25) is 0 Å². The van der Waals surface area contributed by atoms with E-state index in [1.165, 1.54) is 21.9 Å². The highest BCUT2D eigenvalue weighted by Crippen LogP contribution is 2.40. The molecule has 0 saturated carbocycles. The minimum absolute atomic E-state index is 0.981. The van der Waals surface area contributed by atoms with Crippen LogP contribution in [0.25, 0.3) is 55.2 Å². The van der Waals surface area contributed by atoms with E-state index in [2.05, 4.69) is 187 Å². The quantitative estimate of drug-likeness (QED) is 0.196. The Balaban J connectivity index is 1.27. The van der Waals surface area contributed by atoms with Gasteiger partial charge in [-0.1, -0.05) is 133 Å². The maximum atomic E-state index is 5.18. The third-order valence-corrected chi connectivity index (χ3v) is 8.41. The second kappa shape index (κ2) is 11.6. The molecule has 8 aromatic rings. The smallest absolute Gasteiger partial charge is 0.0788 e. The van der Waals surface area contributed by atoms with Crippen LogP contribution in [0.1, 0.15) is 0 Å². The normalized spacial score (nSPS) is 11.1. The molecule has 7 aromatic carbocycles. The standard InChI is InChI=1S/C43H30N2/c1-3-12-31(13-4-1)36-19-11-20-39(28-36)45(40-27-22-32-14-7-8-17-35(32)29-40)38-25-23-34(24-26-38)43-41(33-15-5-2-6-16-33)30-37-18-9-10-21-42(37)44-43/h1-30H. The van der Waals surface area contributed by atoms with Gasteiger partial charge >= 0.3 is 0 Å². The first-order valence-corrected chi connectivity index (χ1v) is 15.3. The van der Waals surface area contributed by atoms with Crippen molar-refractivity contribution in [3.05, 3.63) is 182 Å². The number of benzene rings is 7. The number of hydrogen-bond donors (Lipinski definition) is 0. The number of hydrogen-bond acceptors (Lipinski definition) is 2. The van der Waals surface area contributed by atoms with Crippen LogP contribution >= 0.6 is 0 Å². The molecule has 0 spiro atoms. The van der Waals surface area contributed by atoms with Gasteiger partial charge in [-0.05, 0) is 76.0 Å². The molecule has 1 aromatic heterocycles. The van der Waals surface area contributed by atoms with E-state index in [-0.39, 0.29) is 0 Å². The topological polar surface area (TPSA) is 16.1 Å². The van der Waals surface area contributed by atoms with Crippen LogP contribution < -0.4 is 4.90 Å². The van der Waals surface area contributed by atoms with Crippen molar-refractivity contribution in [2.24, 2.45) is 0 Å². The highest BCUT2D eigenvalue weighted by Gasteiger charge is 2.16. The van der Waals surface area contributed by atoms with Crippen molar-refractivity contribution < 1.29 is 0 Å². The average Bonchev–Trinajstić information content (AvgIpc) is 3.12. The molecule has 0 aliphatic rings. The van der Waals surface area contributed by atoms with Crippen LogP contribution in [0.2, 0.25) is 0 Å². The lowest BCUT2D eigenvalue weighted by atomic mass is 9.97. The zero-order chi connectivity index (χ0) is 30.0. The second-order valence-electron chi connectivity index (χ2n) is 11.3. The van der Waals surface area contributed by atoms with Gasteiger partial charge in [-0.2, -0.15) is 0 Å². The molecular formula is C43H30N2. The van der Waals surface area contributed by atoms with Gasteiger partial charge in [-0.15, -0.1) is 0 Å². The Labute approximate surface area is 263 Å². The van der Waals surface area contributed by atoms with Crippen LogP contribution in [0, 0.1) is 0 Å². The van der Waals surface area contributed by atoms with Crippen molar-refractivity contribution in [1.82, 2.24) is 4.98 Å². The first kappa shape index (κ1) is 26.6. The van der Waals surface area contributed by atoms with Crippen molar-refractivity contribution >= 4 is 38.7 Å². The minimum Gasteiger partial charge on any atom is -0.310 e. The van der Waals surface area contributed by atoms with Gasteiger partial charge in [0, 0.05) is 33.6 Å². The summed E-state index contributed by atoms with van der Waals surface area (Å²) in [4.78, 5) is 7.52. The summed E-state index contributed by atoms with van der Waals surface area (Å²) in [6.07, 6.45) is 0. The Kier molecular flexibility index (Phi) is 6.86. The van der Waals surface area contributed by atoms with Gasteiger partial charge in [0.25, 0.3) is 0 Å².